The van der Waals surface area contributed by atoms with Gasteiger partial charge in [-0.2, -0.15) is 10.1 Å². The Morgan fingerprint density at radius 1 is 0.962 bits per heavy atom. The largest absolute Gasteiger partial charge is 0.378 e. The van der Waals surface area contributed by atoms with Crippen molar-refractivity contribution in [2.75, 3.05) is 36.2 Å². The van der Waals surface area contributed by atoms with Gasteiger partial charge in [-0.05, 0) is 42.7 Å². The minimum atomic E-state index is 0.535. The third-order valence-electron chi connectivity index (χ3n) is 3.98. The van der Waals surface area contributed by atoms with Crippen molar-refractivity contribution in [3.8, 4) is 0 Å². The Bertz CT molecular complexity index is 802. The van der Waals surface area contributed by atoms with Crippen molar-refractivity contribution in [1.82, 2.24) is 15.2 Å². The Balaban J connectivity index is 1.51. The molecule has 0 aliphatic rings. The number of hydrogen-bond acceptors (Lipinski definition) is 6. The zero-order valence-corrected chi connectivity index (χ0v) is 15.2. The van der Waals surface area contributed by atoms with Crippen molar-refractivity contribution in [2.24, 2.45) is 0 Å². The van der Waals surface area contributed by atoms with Crippen molar-refractivity contribution in [3.63, 3.8) is 0 Å². The average Bonchev–Trinajstić information content (AvgIpc) is 2.67. The van der Waals surface area contributed by atoms with E-state index in [0.29, 0.717) is 11.8 Å². The van der Waals surface area contributed by atoms with Crippen LogP contribution in [-0.2, 0) is 6.42 Å². The molecule has 0 spiro atoms. The van der Waals surface area contributed by atoms with Crippen LogP contribution in [0.3, 0.4) is 0 Å². The van der Waals surface area contributed by atoms with E-state index in [2.05, 4.69) is 67.1 Å². The van der Waals surface area contributed by atoms with Gasteiger partial charge in [0, 0.05) is 32.0 Å². The van der Waals surface area contributed by atoms with Crippen LogP contribution in [0.1, 0.15) is 12.0 Å². The molecule has 0 aliphatic carbocycles. The molecule has 6 heteroatoms. The first kappa shape index (κ1) is 17.7. The molecule has 0 aliphatic heterocycles. The Kier molecular flexibility index (Phi) is 5.98. The molecule has 0 fully saturated rings. The molecule has 0 amide bonds. The molecule has 0 radical (unpaired) electrons. The van der Waals surface area contributed by atoms with Gasteiger partial charge in [0.25, 0.3) is 0 Å². The number of aryl methyl sites for hydroxylation is 1. The average molecular weight is 348 g/mol. The standard InChI is InChI=1S/C20H24N6/c1-26(2)18-12-10-17(11-13-18)23-19-15-22-25-20(24-19)21-14-6-9-16-7-4-3-5-8-16/h3-5,7-8,10-13,15H,6,9,14H2,1-2H3,(H2,21,23,24,25). The lowest BCUT2D eigenvalue weighted by atomic mass is 10.1. The first-order chi connectivity index (χ1) is 12.7. The van der Waals surface area contributed by atoms with Crippen LogP contribution >= 0.6 is 0 Å². The summed E-state index contributed by atoms with van der Waals surface area (Å²) in [6, 6.07) is 18.6. The Morgan fingerprint density at radius 3 is 2.46 bits per heavy atom. The smallest absolute Gasteiger partial charge is 0.244 e. The van der Waals surface area contributed by atoms with Crippen LogP contribution in [0, 0.1) is 0 Å². The number of rotatable bonds is 8. The number of aromatic nitrogens is 3. The summed E-state index contributed by atoms with van der Waals surface area (Å²) in [5.74, 6) is 1.20. The van der Waals surface area contributed by atoms with Crippen LogP contribution < -0.4 is 15.5 Å². The molecule has 0 atom stereocenters. The van der Waals surface area contributed by atoms with E-state index < -0.39 is 0 Å². The first-order valence-electron chi connectivity index (χ1n) is 8.72. The van der Waals surface area contributed by atoms with E-state index in [-0.39, 0.29) is 0 Å². The minimum Gasteiger partial charge on any atom is -0.378 e. The summed E-state index contributed by atoms with van der Waals surface area (Å²) in [7, 11) is 4.04. The molecule has 0 saturated carbocycles. The Labute approximate surface area is 154 Å². The van der Waals surface area contributed by atoms with Gasteiger partial charge in [0.05, 0.1) is 6.20 Å². The van der Waals surface area contributed by atoms with Crippen molar-refractivity contribution in [2.45, 2.75) is 12.8 Å². The Morgan fingerprint density at radius 2 is 1.73 bits per heavy atom. The van der Waals surface area contributed by atoms with Gasteiger partial charge >= 0.3 is 0 Å². The van der Waals surface area contributed by atoms with Gasteiger partial charge in [-0.1, -0.05) is 30.3 Å². The SMILES string of the molecule is CN(C)c1ccc(Nc2cnnc(NCCCc3ccccc3)n2)cc1. The molecule has 3 rings (SSSR count). The summed E-state index contributed by atoms with van der Waals surface area (Å²) in [6.07, 6.45) is 3.66. The van der Waals surface area contributed by atoms with Crippen LogP contribution in [0.2, 0.25) is 0 Å². The molecular weight excluding hydrogens is 324 g/mol. The topological polar surface area (TPSA) is 66.0 Å². The number of benzene rings is 2. The molecule has 0 bridgehead atoms. The summed E-state index contributed by atoms with van der Waals surface area (Å²) in [6.45, 7) is 0.803. The summed E-state index contributed by atoms with van der Waals surface area (Å²) < 4.78 is 0. The van der Waals surface area contributed by atoms with Gasteiger partial charge in [-0.15, -0.1) is 5.10 Å². The highest BCUT2D eigenvalue weighted by molar-refractivity contribution is 5.60. The second kappa shape index (κ2) is 8.80. The van der Waals surface area contributed by atoms with Crippen LogP contribution in [0.25, 0.3) is 0 Å². The van der Waals surface area contributed by atoms with Gasteiger partial charge < -0.3 is 15.5 Å². The van der Waals surface area contributed by atoms with E-state index in [1.54, 1.807) is 6.20 Å². The number of anilines is 4. The van der Waals surface area contributed by atoms with Crippen molar-refractivity contribution in [1.29, 1.82) is 0 Å². The van der Waals surface area contributed by atoms with Crippen molar-refractivity contribution in [3.05, 3.63) is 66.4 Å². The molecule has 2 N–H and O–H groups in total. The summed E-state index contributed by atoms with van der Waals surface area (Å²) in [5.41, 5.74) is 3.45. The number of nitrogens with zero attached hydrogens (tertiary/aromatic N) is 4. The highest BCUT2D eigenvalue weighted by Crippen LogP contribution is 2.18. The van der Waals surface area contributed by atoms with Crippen LogP contribution in [0.4, 0.5) is 23.1 Å². The van der Waals surface area contributed by atoms with Crippen LogP contribution in [0.15, 0.2) is 60.8 Å². The van der Waals surface area contributed by atoms with E-state index in [4.69, 9.17) is 0 Å². The lowest BCUT2D eigenvalue weighted by Gasteiger charge is -2.13. The first-order valence-corrected chi connectivity index (χ1v) is 8.72. The predicted octanol–water partition coefficient (Wildman–Crippen LogP) is 3.73. The van der Waals surface area contributed by atoms with E-state index in [0.717, 1.165) is 30.8 Å². The molecule has 0 saturated heterocycles. The molecule has 1 heterocycles. The van der Waals surface area contributed by atoms with E-state index in [9.17, 15) is 0 Å². The third-order valence-corrected chi connectivity index (χ3v) is 3.98. The molecule has 6 nitrogen and oxygen atoms in total. The minimum absolute atomic E-state index is 0.535. The third kappa shape index (κ3) is 5.17. The maximum Gasteiger partial charge on any atom is 0.244 e. The fourth-order valence-corrected chi connectivity index (χ4v) is 2.57. The van der Waals surface area contributed by atoms with E-state index in [1.807, 2.05) is 32.3 Å². The van der Waals surface area contributed by atoms with Gasteiger partial charge in [0.2, 0.25) is 5.95 Å². The van der Waals surface area contributed by atoms with Crippen molar-refractivity contribution < 1.29 is 0 Å². The highest BCUT2D eigenvalue weighted by Gasteiger charge is 2.02. The highest BCUT2D eigenvalue weighted by atomic mass is 15.3. The monoisotopic (exact) mass is 348 g/mol. The van der Waals surface area contributed by atoms with Gasteiger partial charge in [0.15, 0.2) is 5.82 Å². The fourth-order valence-electron chi connectivity index (χ4n) is 2.57. The normalized spacial score (nSPS) is 10.4. The quantitative estimate of drug-likeness (QED) is 0.605. The molecular formula is C20H24N6. The van der Waals surface area contributed by atoms with Crippen LogP contribution in [-0.4, -0.2) is 35.8 Å². The van der Waals surface area contributed by atoms with Gasteiger partial charge in [-0.3, -0.25) is 0 Å². The maximum atomic E-state index is 4.46. The molecule has 3 aromatic rings. The molecule has 1 aromatic heterocycles. The van der Waals surface area contributed by atoms with E-state index in [1.165, 1.54) is 5.56 Å². The predicted molar refractivity (Wildman–Crippen MR) is 107 cm³/mol. The summed E-state index contributed by atoms with van der Waals surface area (Å²) >= 11 is 0. The molecule has 134 valence electrons. The number of nitrogens with one attached hydrogen (secondary N) is 2. The van der Waals surface area contributed by atoms with Gasteiger partial charge in [0.1, 0.15) is 0 Å². The second-order valence-corrected chi connectivity index (χ2v) is 6.25. The summed E-state index contributed by atoms with van der Waals surface area (Å²) in [5, 5.41) is 14.6. The fraction of sp³-hybridized carbons (Fsp3) is 0.250. The zero-order valence-electron chi connectivity index (χ0n) is 15.2. The molecule has 2 aromatic carbocycles. The molecule has 26 heavy (non-hydrogen) atoms. The van der Waals surface area contributed by atoms with Crippen LogP contribution in [0.5, 0.6) is 0 Å². The summed E-state index contributed by atoms with van der Waals surface area (Å²) in [4.78, 5) is 6.53. The Hall–Kier alpha value is -3.15. The number of hydrogen-bond donors (Lipinski definition) is 2. The maximum absolute atomic E-state index is 4.46. The zero-order chi connectivity index (χ0) is 18.2. The van der Waals surface area contributed by atoms with Crippen molar-refractivity contribution >= 4 is 23.1 Å². The van der Waals surface area contributed by atoms with Gasteiger partial charge in [-0.25, -0.2) is 0 Å². The molecule has 0 unspecified atom stereocenters. The lowest BCUT2D eigenvalue weighted by molar-refractivity contribution is 0.843. The lowest BCUT2D eigenvalue weighted by Crippen LogP contribution is -2.09. The van der Waals surface area contributed by atoms with E-state index >= 15 is 0 Å². The second-order valence-electron chi connectivity index (χ2n) is 6.25.